The summed E-state index contributed by atoms with van der Waals surface area (Å²) in [6.45, 7) is 32.5. The second kappa shape index (κ2) is 8.64. The van der Waals surface area contributed by atoms with E-state index in [1.54, 1.807) is 33.4 Å². The van der Waals surface area contributed by atoms with Gasteiger partial charge < -0.3 is 0 Å². The predicted octanol–water partition coefficient (Wildman–Crippen LogP) is 12.4. The number of rotatable bonds is 0. The van der Waals surface area contributed by atoms with Gasteiger partial charge in [-0.05, 0) is 145 Å². The lowest BCUT2D eigenvalue weighted by Crippen LogP contribution is -2.49. The molecule has 0 radical (unpaired) electrons. The highest BCUT2D eigenvalue weighted by Crippen LogP contribution is 2.68. The van der Waals surface area contributed by atoms with Crippen molar-refractivity contribution in [3.8, 4) is 0 Å². The Kier molecular flexibility index (Phi) is 5.90. The van der Waals surface area contributed by atoms with E-state index in [-0.39, 0.29) is 42.2 Å². The smallest absolute Gasteiger partial charge is 0.0695 e. The van der Waals surface area contributed by atoms with Gasteiger partial charge >= 0.3 is 0 Å². The van der Waals surface area contributed by atoms with E-state index in [0.29, 0.717) is 0 Å². The first-order chi connectivity index (χ1) is 21.0. The SMILES string of the molecule is CC1(C)CCC(C)(C)c2cc3c(cc21)C1(C)c2cc4c(cc2C3(Br)c2cc3c(cc21)C(C)(C)CCC3(C)C)C(C)(C)CCC4(C)C. The van der Waals surface area contributed by atoms with Gasteiger partial charge in [0, 0.05) is 5.41 Å². The summed E-state index contributed by atoms with van der Waals surface area (Å²) in [4.78, 5) is 0. The van der Waals surface area contributed by atoms with Crippen LogP contribution in [0.3, 0.4) is 0 Å². The van der Waals surface area contributed by atoms with Gasteiger partial charge in [0.25, 0.3) is 0 Å². The molecule has 0 unspecified atom stereocenters. The Hall–Kier alpha value is -1.86. The fraction of sp³-hybridized carbons (Fsp3) is 0.600. The van der Waals surface area contributed by atoms with Gasteiger partial charge in [0.15, 0.2) is 0 Å². The average molecular weight is 678 g/mol. The summed E-state index contributed by atoms with van der Waals surface area (Å²) in [5, 5.41) is 0. The molecule has 244 valence electrons. The second-order valence-electron chi connectivity index (χ2n) is 20.4. The normalized spacial score (nSPS) is 30.7. The minimum atomic E-state index is -0.378. The highest BCUT2D eigenvalue weighted by molar-refractivity contribution is 9.10. The van der Waals surface area contributed by atoms with Crippen molar-refractivity contribution in [3.63, 3.8) is 0 Å². The molecule has 0 aromatic heterocycles. The molecule has 0 N–H and O–H groups in total. The maximum atomic E-state index is 4.74. The van der Waals surface area contributed by atoms with Crippen LogP contribution in [-0.2, 0) is 42.2 Å². The van der Waals surface area contributed by atoms with Crippen molar-refractivity contribution in [1.29, 1.82) is 0 Å². The first-order valence-electron chi connectivity index (χ1n) is 18.3. The summed E-state index contributed by atoms with van der Waals surface area (Å²) in [6, 6.07) is 16.2. The fourth-order valence-corrected chi connectivity index (χ4v) is 11.8. The van der Waals surface area contributed by atoms with E-state index in [4.69, 9.17) is 15.9 Å². The number of alkyl halides is 1. The highest BCUT2D eigenvalue weighted by atomic mass is 79.9. The van der Waals surface area contributed by atoms with Crippen molar-refractivity contribution >= 4 is 15.9 Å². The third kappa shape index (κ3) is 3.68. The van der Waals surface area contributed by atoms with Crippen molar-refractivity contribution in [1.82, 2.24) is 0 Å². The van der Waals surface area contributed by atoms with Crippen molar-refractivity contribution in [3.05, 3.63) is 103 Å². The molecule has 3 aromatic rings. The lowest BCUT2D eigenvalue weighted by Gasteiger charge is -2.57. The van der Waals surface area contributed by atoms with E-state index in [0.717, 1.165) is 0 Å². The molecule has 0 saturated carbocycles. The molecule has 0 heterocycles. The fourth-order valence-electron chi connectivity index (χ4n) is 10.8. The zero-order chi connectivity index (χ0) is 33.4. The van der Waals surface area contributed by atoms with Crippen molar-refractivity contribution < 1.29 is 0 Å². The van der Waals surface area contributed by atoms with E-state index in [1.165, 1.54) is 71.9 Å². The Labute approximate surface area is 288 Å². The lowest BCUT2D eigenvalue weighted by atomic mass is 9.49. The summed E-state index contributed by atoms with van der Waals surface area (Å²) in [5.74, 6) is 0. The topological polar surface area (TPSA) is 0 Å². The lowest BCUT2D eigenvalue weighted by molar-refractivity contribution is 0.326. The number of fused-ring (bicyclic) bond motifs is 3. The molecule has 0 atom stereocenters. The number of hydrogen-bond acceptors (Lipinski definition) is 0. The van der Waals surface area contributed by atoms with E-state index in [9.17, 15) is 0 Å². The number of benzene rings is 3. The molecule has 0 amide bonds. The Morgan fingerprint density at radius 3 is 0.674 bits per heavy atom. The van der Waals surface area contributed by atoms with Gasteiger partial charge in [-0.1, -0.05) is 135 Å². The summed E-state index contributed by atoms with van der Waals surface area (Å²) >= 11 is 4.74. The molecular weight excluding hydrogens is 620 g/mol. The molecule has 0 fully saturated rings. The molecular formula is C45H57Br. The summed E-state index contributed by atoms with van der Waals surface area (Å²) in [5.41, 5.74) is 19.3. The quantitative estimate of drug-likeness (QED) is 0.208. The summed E-state index contributed by atoms with van der Waals surface area (Å²) in [6.07, 6.45) is 7.42. The van der Waals surface area contributed by atoms with Crippen LogP contribution in [0, 0.1) is 0 Å². The molecule has 6 aliphatic carbocycles. The third-order valence-electron chi connectivity index (χ3n) is 14.7. The number of halogens is 1. The molecule has 0 nitrogen and oxygen atoms in total. The molecule has 2 bridgehead atoms. The Morgan fingerprint density at radius 1 is 0.304 bits per heavy atom. The van der Waals surface area contributed by atoms with E-state index in [1.807, 2.05) is 0 Å². The van der Waals surface area contributed by atoms with Gasteiger partial charge in [0.05, 0.1) is 0 Å². The average Bonchev–Trinajstić information content (AvgIpc) is 2.97. The molecule has 6 aliphatic rings. The van der Waals surface area contributed by atoms with Gasteiger partial charge in [-0.25, -0.2) is 0 Å². The summed E-state index contributed by atoms with van der Waals surface area (Å²) < 4.78 is -0.378. The zero-order valence-corrected chi connectivity index (χ0v) is 32.7. The van der Waals surface area contributed by atoms with Crippen molar-refractivity contribution in [2.24, 2.45) is 0 Å². The van der Waals surface area contributed by atoms with Gasteiger partial charge in [0.1, 0.15) is 4.32 Å². The van der Waals surface area contributed by atoms with Crippen LogP contribution in [0.2, 0.25) is 0 Å². The monoisotopic (exact) mass is 676 g/mol. The third-order valence-corrected chi connectivity index (χ3v) is 16.0. The minimum absolute atomic E-state index is 0.163. The van der Waals surface area contributed by atoms with E-state index < -0.39 is 0 Å². The Bertz CT molecular complexity index is 1520. The van der Waals surface area contributed by atoms with Crippen LogP contribution < -0.4 is 0 Å². The Balaban J connectivity index is 1.54. The van der Waals surface area contributed by atoms with Crippen LogP contribution in [0.15, 0.2) is 36.4 Å². The van der Waals surface area contributed by atoms with E-state index in [2.05, 4.69) is 126 Å². The predicted molar refractivity (Wildman–Crippen MR) is 200 cm³/mol. The number of hydrogen-bond donors (Lipinski definition) is 0. The van der Waals surface area contributed by atoms with Crippen LogP contribution in [0.4, 0.5) is 0 Å². The van der Waals surface area contributed by atoms with E-state index >= 15 is 0 Å². The molecule has 46 heavy (non-hydrogen) atoms. The second-order valence-corrected chi connectivity index (χ2v) is 21.6. The molecule has 0 saturated heterocycles. The highest BCUT2D eigenvalue weighted by Gasteiger charge is 2.59. The van der Waals surface area contributed by atoms with Crippen molar-refractivity contribution in [2.75, 3.05) is 0 Å². The minimum Gasteiger partial charge on any atom is -0.0695 e. The summed E-state index contributed by atoms with van der Waals surface area (Å²) in [7, 11) is 0. The van der Waals surface area contributed by atoms with Crippen LogP contribution in [0.1, 0.15) is 195 Å². The van der Waals surface area contributed by atoms with Gasteiger partial charge in [-0.3, -0.25) is 0 Å². The largest absolute Gasteiger partial charge is 0.101 e. The molecule has 9 rings (SSSR count). The van der Waals surface area contributed by atoms with Crippen LogP contribution in [-0.4, -0.2) is 0 Å². The van der Waals surface area contributed by atoms with Crippen molar-refractivity contribution in [2.45, 2.75) is 171 Å². The maximum absolute atomic E-state index is 4.74. The van der Waals surface area contributed by atoms with Gasteiger partial charge in [-0.15, -0.1) is 0 Å². The maximum Gasteiger partial charge on any atom is 0.101 e. The molecule has 0 spiro atoms. The van der Waals surface area contributed by atoms with Gasteiger partial charge in [0.2, 0.25) is 0 Å². The molecule has 1 heteroatoms. The zero-order valence-electron chi connectivity index (χ0n) is 31.1. The first-order valence-corrected chi connectivity index (χ1v) is 19.1. The molecule has 0 aliphatic heterocycles. The van der Waals surface area contributed by atoms with Crippen LogP contribution in [0.5, 0.6) is 0 Å². The standard InChI is InChI=1S/C45H57Br/c1-38(2)14-17-41(7,8)29-23-35-32(20-26(29)38)44(13)33-21-27-30(42(9,10)18-15-39(27,3)4)24-36(33)45(35,46)37-25-31-28(22-34(37)44)40(5,6)16-19-43(31,11)12/h20-25H,14-19H2,1-13H3. The van der Waals surface area contributed by atoms with Gasteiger partial charge in [-0.2, -0.15) is 0 Å². The molecule has 3 aromatic carbocycles. The van der Waals surface area contributed by atoms with Crippen LogP contribution in [0.25, 0.3) is 0 Å². The van der Waals surface area contributed by atoms with Crippen LogP contribution >= 0.6 is 15.9 Å². The Morgan fingerprint density at radius 2 is 0.478 bits per heavy atom. The first kappa shape index (κ1) is 31.4.